The van der Waals surface area contributed by atoms with E-state index < -0.39 is 5.82 Å². The third-order valence-corrected chi connectivity index (χ3v) is 3.66. The van der Waals surface area contributed by atoms with E-state index in [4.69, 9.17) is 11.6 Å². The molecule has 0 radical (unpaired) electrons. The number of rotatable bonds is 5. The summed E-state index contributed by atoms with van der Waals surface area (Å²) >= 11 is 5.74. The molecule has 0 aliphatic heterocycles. The van der Waals surface area contributed by atoms with Crippen molar-refractivity contribution in [3.63, 3.8) is 0 Å². The molecule has 7 heteroatoms. The molecule has 3 rings (SSSR count). The molecule has 2 aromatic heterocycles. The molecule has 0 saturated heterocycles. The minimum Gasteiger partial charge on any atom is -0.346 e. The lowest BCUT2D eigenvalue weighted by molar-refractivity contribution is 0.0950. The molecule has 0 fully saturated rings. The van der Waals surface area contributed by atoms with Gasteiger partial charge in [-0.1, -0.05) is 17.7 Å². The summed E-state index contributed by atoms with van der Waals surface area (Å²) in [6.07, 6.45) is 3.13. The van der Waals surface area contributed by atoms with Crippen LogP contribution in [-0.2, 0) is 6.54 Å². The van der Waals surface area contributed by atoms with Gasteiger partial charge in [0.2, 0.25) is 0 Å². The maximum Gasteiger partial charge on any atom is 0.253 e. The maximum absolute atomic E-state index is 13.2. The highest BCUT2D eigenvalue weighted by atomic mass is 35.5. The van der Waals surface area contributed by atoms with Crippen molar-refractivity contribution in [2.45, 2.75) is 6.54 Å². The van der Waals surface area contributed by atoms with Gasteiger partial charge in [-0.3, -0.25) is 9.78 Å². The molecule has 0 unspecified atom stereocenters. The molecule has 0 atom stereocenters. The Balaban J connectivity index is 1.61. The summed E-state index contributed by atoms with van der Waals surface area (Å²) in [5.41, 5.74) is 1.81. The second kappa shape index (κ2) is 7.72. The van der Waals surface area contributed by atoms with E-state index in [1.54, 1.807) is 24.4 Å². The van der Waals surface area contributed by atoms with E-state index in [-0.39, 0.29) is 10.9 Å². The molecule has 25 heavy (non-hydrogen) atoms. The van der Waals surface area contributed by atoms with E-state index in [9.17, 15) is 9.18 Å². The summed E-state index contributed by atoms with van der Waals surface area (Å²) in [5.74, 6) is -0.210. The van der Waals surface area contributed by atoms with Gasteiger partial charge in [0.15, 0.2) is 0 Å². The molecule has 0 saturated carbocycles. The third-order valence-electron chi connectivity index (χ3n) is 3.37. The zero-order valence-electron chi connectivity index (χ0n) is 13.0. The molecule has 0 aliphatic rings. The first-order valence-electron chi connectivity index (χ1n) is 7.48. The molecule has 126 valence electrons. The lowest BCUT2D eigenvalue weighted by Crippen LogP contribution is -2.23. The Bertz CT molecular complexity index is 872. The SMILES string of the molecule is O=C(NCc1ccccn1)c1ccc(Nc2ccc(F)c(Cl)c2)nc1. The highest BCUT2D eigenvalue weighted by Crippen LogP contribution is 2.21. The summed E-state index contributed by atoms with van der Waals surface area (Å²) < 4.78 is 13.2. The Morgan fingerprint density at radius 2 is 2.00 bits per heavy atom. The van der Waals surface area contributed by atoms with Crippen LogP contribution in [0.4, 0.5) is 15.9 Å². The summed E-state index contributed by atoms with van der Waals surface area (Å²) in [6.45, 7) is 0.341. The minimum absolute atomic E-state index is 0.0236. The van der Waals surface area contributed by atoms with Crippen LogP contribution in [0.5, 0.6) is 0 Å². The van der Waals surface area contributed by atoms with Crippen molar-refractivity contribution in [1.82, 2.24) is 15.3 Å². The smallest absolute Gasteiger partial charge is 0.253 e. The lowest BCUT2D eigenvalue weighted by Gasteiger charge is -2.08. The molecule has 2 heterocycles. The summed E-state index contributed by atoms with van der Waals surface area (Å²) in [7, 11) is 0. The molecular formula is C18H14ClFN4O. The van der Waals surface area contributed by atoms with E-state index in [1.165, 1.54) is 18.3 Å². The van der Waals surface area contributed by atoms with Crippen LogP contribution >= 0.6 is 11.6 Å². The third kappa shape index (κ3) is 4.51. The molecule has 2 N–H and O–H groups in total. The van der Waals surface area contributed by atoms with Crippen LogP contribution in [0.25, 0.3) is 0 Å². The van der Waals surface area contributed by atoms with Crippen molar-refractivity contribution in [2.24, 2.45) is 0 Å². The summed E-state index contributed by atoms with van der Waals surface area (Å²) in [5, 5.41) is 5.79. The largest absolute Gasteiger partial charge is 0.346 e. The quantitative estimate of drug-likeness (QED) is 0.726. The summed E-state index contributed by atoms with van der Waals surface area (Å²) in [4.78, 5) is 20.4. The first-order valence-corrected chi connectivity index (χ1v) is 7.86. The normalized spacial score (nSPS) is 10.3. The fraction of sp³-hybridized carbons (Fsp3) is 0.0556. The number of amides is 1. The second-order valence-electron chi connectivity index (χ2n) is 5.19. The zero-order chi connectivity index (χ0) is 17.6. The predicted molar refractivity (Wildman–Crippen MR) is 94.3 cm³/mol. The Labute approximate surface area is 148 Å². The van der Waals surface area contributed by atoms with E-state index >= 15 is 0 Å². The number of hydrogen-bond acceptors (Lipinski definition) is 4. The number of carbonyl (C=O) groups is 1. The van der Waals surface area contributed by atoms with E-state index in [1.807, 2.05) is 18.2 Å². The molecule has 0 bridgehead atoms. The van der Waals surface area contributed by atoms with Crippen molar-refractivity contribution < 1.29 is 9.18 Å². The molecule has 1 amide bonds. The average Bonchev–Trinajstić information content (AvgIpc) is 2.64. The van der Waals surface area contributed by atoms with E-state index in [0.717, 1.165) is 5.69 Å². The molecule has 0 aliphatic carbocycles. The number of aromatic nitrogens is 2. The number of carbonyl (C=O) groups excluding carboxylic acids is 1. The highest BCUT2D eigenvalue weighted by molar-refractivity contribution is 6.31. The van der Waals surface area contributed by atoms with Gasteiger partial charge in [-0.05, 0) is 42.5 Å². The number of anilines is 2. The Morgan fingerprint density at radius 3 is 2.68 bits per heavy atom. The van der Waals surface area contributed by atoms with Gasteiger partial charge in [0, 0.05) is 18.1 Å². The van der Waals surface area contributed by atoms with Crippen LogP contribution in [0, 0.1) is 5.82 Å². The first kappa shape index (κ1) is 16.9. The Kier molecular flexibility index (Phi) is 5.20. The van der Waals surface area contributed by atoms with Gasteiger partial charge in [-0.15, -0.1) is 0 Å². The van der Waals surface area contributed by atoms with Crippen LogP contribution in [-0.4, -0.2) is 15.9 Å². The van der Waals surface area contributed by atoms with Crippen LogP contribution in [0.3, 0.4) is 0 Å². The van der Waals surface area contributed by atoms with Gasteiger partial charge >= 0.3 is 0 Å². The molecule has 0 spiro atoms. The van der Waals surface area contributed by atoms with E-state index in [2.05, 4.69) is 20.6 Å². The minimum atomic E-state index is -0.486. The first-order chi connectivity index (χ1) is 12.1. The number of halogens is 2. The van der Waals surface area contributed by atoms with Crippen LogP contribution in [0.1, 0.15) is 16.1 Å². The number of hydrogen-bond donors (Lipinski definition) is 2. The predicted octanol–water partition coefficient (Wildman–Crippen LogP) is 3.94. The van der Waals surface area contributed by atoms with Crippen LogP contribution in [0.15, 0.2) is 60.9 Å². The monoisotopic (exact) mass is 356 g/mol. The second-order valence-corrected chi connectivity index (χ2v) is 5.60. The Hall–Kier alpha value is -2.99. The average molecular weight is 357 g/mol. The van der Waals surface area contributed by atoms with Gasteiger partial charge < -0.3 is 10.6 Å². The number of pyridine rings is 2. The van der Waals surface area contributed by atoms with Crippen molar-refractivity contribution in [3.8, 4) is 0 Å². The lowest BCUT2D eigenvalue weighted by atomic mass is 10.2. The summed E-state index contributed by atoms with van der Waals surface area (Å²) in [6, 6.07) is 13.1. The van der Waals surface area contributed by atoms with Crippen molar-refractivity contribution >= 4 is 29.0 Å². The topological polar surface area (TPSA) is 66.9 Å². The fourth-order valence-corrected chi connectivity index (χ4v) is 2.28. The zero-order valence-corrected chi connectivity index (χ0v) is 13.8. The van der Waals surface area contributed by atoms with Gasteiger partial charge in [0.1, 0.15) is 11.6 Å². The maximum atomic E-state index is 13.2. The van der Waals surface area contributed by atoms with Gasteiger partial charge in [-0.2, -0.15) is 0 Å². The van der Waals surface area contributed by atoms with Crippen LogP contribution < -0.4 is 10.6 Å². The van der Waals surface area contributed by atoms with Gasteiger partial charge in [0.05, 0.1) is 22.8 Å². The standard InChI is InChI=1S/C18H14ClFN4O/c19-15-9-13(5-6-16(15)20)24-17-7-4-12(10-22-17)18(25)23-11-14-3-1-2-8-21-14/h1-10H,11H2,(H,22,24)(H,23,25). The van der Waals surface area contributed by atoms with Crippen LogP contribution in [0.2, 0.25) is 5.02 Å². The Morgan fingerprint density at radius 1 is 1.12 bits per heavy atom. The number of nitrogens with zero attached hydrogens (tertiary/aromatic N) is 2. The fourth-order valence-electron chi connectivity index (χ4n) is 2.10. The van der Waals surface area contributed by atoms with Crippen molar-refractivity contribution in [3.05, 3.63) is 83.0 Å². The van der Waals surface area contributed by atoms with Gasteiger partial charge in [0.25, 0.3) is 5.91 Å². The molecule has 5 nitrogen and oxygen atoms in total. The molecular weight excluding hydrogens is 343 g/mol. The number of benzene rings is 1. The number of nitrogens with one attached hydrogen (secondary N) is 2. The molecule has 1 aromatic carbocycles. The van der Waals surface area contributed by atoms with Crippen molar-refractivity contribution in [1.29, 1.82) is 0 Å². The highest BCUT2D eigenvalue weighted by Gasteiger charge is 2.07. The van der Waals surface area contributed by atoms with Gasteiger partial charge in [-0.25, -0.2) is 9.37 Å². The van der Waals surface area contributed by atoms with E-state index in [0.29, 0.717) is 23.6 Å². The van der Waals surface area contributed by atoms with Crippen molar-refractivity contribution in [2.75, 3.05) is 5.32 Å². The molecule has 3 aromatic rings.